The molecular weight excluding hydrogens is 196 g/mol. The maximum Gasteiger partial charge on any atom is 0.0278 e. The van der Waals surface area contributed by atoms with Crippen LogP contribution in [0.15, 0.2) is 12.2 Å². The van der Waals surface area contributed by atoms with E-state index in [-0.39, 0.29) is 0 Å². The van der Waals surface area contributed by atoms with E-state index in [1.54, 1.807) is 0 Å². The lowest BCUT2D eigenvalue weighted by Gasteiger charge is -2.42. The van der Waals surface area contributed by atoms with E-state index in [4.69, 9.17) is 0 Å². The van der Waals surface area contributed by atoms with Crippen LogP contribution >= 0.6 is 0 Å². The molecule has 0 amide bonds. The highest BCUT2D eigenvalue weighted by atomic mass is 15.2. The van der Waals surface area contributed by atoms with E-state index in [9.17, 15) is 0 Å². The van der Waals surface area contributed by atoms with Crippen molar-refractivity contribution in [1.29, 1.82) is 0 Å². The first-order valence-electron chi connectivity index (χ1n) is 6.84. The third-order valence-corrected chi connectivity index (χ3v) is 4.23. The predicted molar refractivity (Wildman–Crippen MR) is 69.6 cm³/mol. The Morgan fingerprint density at radius 2 is 2.31 bits per heavy atom. The largest absolute Gasteiger partial charge is 0.309 e. The van der Waals surface area contributed by atoms with Crippen LogP contribution < -0.4 is 5.32 Å². The number of hydrogen-bond donors (Lipinski definition) is 1. The number of nitrogens with one attached hydrogen (secondary N) is 1. The van der Waals surface area contributed by atoms with Gasteiger partial charge < -0.3 is 5.32 Å². The highest BCUT2D eigenvalue weighted by Crippen LogP contribution is 2.22. The fraction of sp³-hybridized carbons (Fsp3) is 0.857. The first-order valence-corrected chi connectivity index (χ1v) is 6.84. The van der Waals surface area contributed by atoms with Gasteiger partial charge in [0.2, 0.25) is 0 Å². The van der Waals surface area contributed by atoms with Gasteiger partial charge in [0.1, 0.15) is 0 Å². The Bertz CT molecular complexity index is 249. The van der Waals surface area contributed by atoms with E-state index < -0.39 is 0 Å². The van der Waals surface area contributed by atoms with Gasteiger partial charge in [-0.3, -0.25) is 4.90 Å². The van der Waals surface area contributed by atoms with Crippen LogP contribution in [0.2, 0.25) is 0 Å². The number of hydrogen-bond acceptors (Lipinski definition) is 2. The molecule has 0 bridgehead atoms. The van der Waals surface area contributed by atoms with Gasteiger partial charge in [-0.25, -0.2) is 0 Å². The summed E-state index contributed by atoms with van der Waals surface area (Å²) in [6.45, 7) is 9.58. The molecule has 1 saturated heterocycles. The summed E-state index contributed by atoms with van der Waals surface area (Å²) in [4.78, 5) is 2.67. The molecule has 1 N–H and O–H groups in total. The molecular formula is C14H26N2. The molecule has 1 aliphatic heterocycles. The zero-order chi connectivity index (χ0) is 11.4. The van der Waals surface area contributed by atoms with Crippen LogP contribution in [0.1, 0.15) is 39.5 Å². The van der Waals surface area contributed by atoms with Crippen LogP contribution in [0.5, 0.6) is 0 Å². The molecule has 2 rings (SSSR count). The van der Waals surface area contributed by atoms with E-state index in [0.29, 0.717) is 5.54 Å². The van der Waals surface area contributed by atoms with E-state index >= 15 is 0 Å². The first kappa shape index (κ1) is 12.1. The van der Waals surface area contributed by atoms with Gasteiger partial charge in [-0.05, 0) is 38.5 Å². The molecule has 1 heterocycles. The van der Waals surface area contributed by atoms with E-state index in [0.717, 1.165) is 12.5 Å². The Kier molecular flexibility index (Phi) is 4.04. The van der Waals surface area contributed by atoms with Crippen molar-refractivity contribution >= 4 is 0 Å². The Hall–Kier alpha value is -0.340. The minimum Gasteiger partial charge on any atom is -0.309 e. The van der Waals surface area contributed by atoms with Gasteiger partial charge in [0, 0.05) is 31.7 Å². The summed E-state index contributed by atoms with van der Waals surface area (Å²) < 4.78 is 0. The molecule has 2 atom stereocenters. The zero-order valence-corrected chi connectivity index (χ0v) is 10.8. The number of nitrogens with zero attached hydrogens (tertiary/aromatic N) is 1. The highest BCUT2D eigenvalue weighted by molar-refractivity contribution is 4.94. The fourth-order valence-electron chi connectivity index (χ4n) is 2.92. The Morgan fingerprint density at radius 3 is 3.00 bits per heavy atom. The third-order valence-electron chi connectivity index (χ3n) is 4.23. The second-order valence-corrected chi connectivity index (χ2v) is 5.73. The molecule has 16 heavy (non-hydrogen) atoms. The summed E-state index contributed by atoms with van der Waals surface area (Å²) in [5, 5.41) is 3.66. The minimum atomic E-state index is 0.350. The van der Waals surface area contributed by atoms with Gasteiger partial charge in [0.15, 0.2) is 0 Å². The van der Waals surface area contributed by atoms with Crippen LogP contribution in [0.3, 0.4) is 0 Å². The SMILES string of the molecule is CCC1(C)CN(CC2CC=CCC2)CCN1. The molecule has 92 valence electrons. The second kappa shape index (κ2) is 5.33. The van der Waals surface area contributed by atoms with Crippen LogP contribution in [-0.4, -0.2) is 36.6 Å². The molecule has 2 aliphatic rings. The van der Waals surface area contributed by atoms with Gasteiger partial charge >= 0.3 is 0 Å². The van der Waals surface area contributed by atoms with Crippen molar-refractivity contribution < 1.29 is 0 Å². The number of allylic oxidation sites excluding steroid dienone is 2. The Labute approximate surface area is 100 Å². The molecule has 0 spiro atoms. The lowest BCUT2D eigenvalue weighted by Crippen LogP contribution is -2.59. The van der Waals surface area contributed by atoms with Gasteiger partial charge in [0.25, 0.3) is 0 Å². The molecule has 1 aliphatic carbocycles. The van der Waals surface area contributed by atoms with Gasteiger partial charge in [-0.2, -0.15) is 0 Å². The van der Waals surface area contributed by atoms with Crippen LogP contribution in [0.25, 0.3) is 0 Å². The molecule has 0 aromatic heterocycles. The van der Waals surface area contributed by atoms with Gasteiger partial charge in [0.05, 0.1) is 0 Å². The van der Waals surface area contributed by atoms with Gasteiger partial charge in [-0.15, -0.1) is 0 Å². The maximum atomic E-state index is 3.66. The van der Waals surface area contributed by atoms with E-state index in [1.807, 2.05) is 0 Å². The van der Waals surface area contributed by atoms with E-state index in [1.165, 1.54) is 45.3 Å². The average Bonchev–Trinajstić information content (AvgIpc) is 2.30. The fourth-order valence-corrected chi connectivity index (χ4v) is 2.92. The summed E-state index contributed by atoms with van der Waals surface area (Å²) in [6.07, 6.45) is 9.92. The van der Waals surface area contributed by atoms with Crippen LogP contribution in [-0.2, 0) is 0 Å². The molecule has 2 unspecified atom stereocenters. The molecule has 0 radical (unpaired) electrons. The highest BCUT2D eigenvalue weighted by Gasteiger charge is 2.29. The summed E-state index contributed by atoms with van der Waals surface area (Å²) in [5.41, 5.74) is 0.350. The summed E-state index contributed by atoms with van der Waals surface area (Å²) in [7, 11) is 0. The molecule has 1 fully saturated rings. The Balaban J connectivity index is 1.83. The topological polar surface area (TPSA) is 15.3 Å². The monoisotopic (exact) mass is 222 g/mol. The van der Waals surface area contributed by atoms with E-state index in [2.05, 4.69) is 36.2 Å². The zero-order valence-electron chi connectivity index (χ0n) is 10.8. The van der Waals surface area contributed by atoms with Crippen molar-refractivity contribution in [1.82, 2.24) is 10.2 Å². The molecule has 2 heteroatoms. The number of piperazine rings is 1. The summed E-state index contributed by atoms with van der Waals surface area (Å²) in [6, 6.07) is 0. The van der Waals surface area contributed by atoms with Gasteiger partial charge in [-0.1, -0.05) is 19.1 Å². The minimum absolute atomic E-state index is 0.350. The third kappa shape index (κ3) is 3.08. The standard InChI is InChI=1S/C14H26N2/c1-3-14(2)12-16(10-9-15-14)11-13-7-5-4-6-8-13/h4-5,13,15H,3,6-12H2,1-2H3. The Morgan fingerprint density at radius 1 is 1.44 bits per heavy atom. The predicted octanol–water partition coefficient (Wildman–Crippen LogP) is 2.42. The lowest BCUT2D eigenvalue weighted by molar-refractivity contribution is 0.120. The van der Waals surface area contributed by atoms with Crippen LogP contribution in [0, 0.1) is 5.92 Å². The second-order valence-electron chi connectivity index (χ2n) is 5.73. The van der Waals surface area contributed by atoms with Crippen LogP contribution in [0.4, 0.5) is 0 Å². The normalized spacial score (nSPS) is 36.5. The smallest absolute Gasteiger partial charge is 0.0278 e. The average molecular weight is 222 g/mol. The summed E-state index contributed by atoms with van der Waals surface area (Å²) in [5.74, 6) is 0.907. The molecule has 0 aromatic rings. The molecule has 0 saturated carbocycles. The van der Waals surface area contributed by atoms with Crippen molar-refractivity contribution in [2.24, 2.45) is 5.92 Å². The van der Waals surface area contributed by atoms with Crippen molar-refractivity contribution in [3.05, 3.63) is 12.2 Å². The van der Waals surface area contributed by atoms with Crippen molar-refractivity contribution in [2.45, 2.75) is 45.1 Å². The molecule has 0 aromatic carbocycles. The summed E-state index contributed by atoms with van der Waals surface area (Å²) >= 11 is 0. The maximum absolute atomic E-state index is 3.66. The quantitative estimate of drug-likeness (QED) is 0.738. The van der Waals surface area contributed by atoms with Crippen molar-refractivity contribution in [3.63, 3.8) is 0 Å². The van der Waals surface area contributed by atoms with Crippen molar-refractivity contribution in [3.8, 4) is 0 Å². The number of rotatable bonds is 3. The molecule has 2 nitrogen and oxygen atoms in total. The van der Waals surface area contributed by atoms with Crippen molar-refractivity contribution in [2.75, 3.05) is 26.2 Å². The lowest BCUT2D eigenvalue weighted by atomic mass is 9.91. The first-order chi connectivity index (χ1) is 7.72.